The molecule has 20 heavy (non-hydrogen) atoms. The summed E-state index contributed by atoms with van der Waals surface area (Å²) in [5, 5.41) is 14.9. The summed E-state index contributed by atoms with van der Waals surface area (Å²) in [5.41, 5.74) is 0.701. The van der Waals surface area contributed by atoms with Gasteiger partial charge in [-0.1, -0.05) is 12.5 Å². The Balaban J connectivity index is 1.80. The number of urea groups is 1. The Bertz CT molecular complexity index is 450. The van der Waals surface area contributed by atoms with Crippen LogP contribution >= 0.6 is 0 Å². The van der Waals surface area contributed by atoms with Crippen molar-refractivity contribution < 1.29 is 14.6 Å². The molecule has 1 aliphatic rings. The van der Waals surface area contributed by atoms with Crippen molar-refractivity contribution in [2.45, 2.75) is 19.3 Å². The molecule has 1 saturated carbocycles. The summed E-state index contributed by atoms with van der Waals surface area (Å²) in [5.74, 6) is 1.42. The molecule has 2 unspecified atom stereocenters. The predicted octanol–water partition coefficient (Wildman–Crippen LogP) is 2.23. The molecule has 0 aromatic heterocycles. The lowest BCUT2D eigenvalue weighted by molar-refractivity contribution is 0.192. The van der Waals surface area contributed by atoms with E-state index in [0.29, 0.717) is 29.8 Å². The Morgan fingerprint density at radius 2 is 2.20 bits per heavy atom. The fourth-order valence-electron chi connectivity index (χ4n) is 2.72. The van der Waals surface area contributed by atoms with E-state index in [9.17, 15) is 9.90 Å². The van der Waals surface area contributed by atoms with Gasteiger partial charge < -0.3 is 20.5 Å². The first-order chi connectivity index (χ1) is 9.72. The molecule has 0 aliphatic heterocycles. The van der Waals surface area contributed by atoms with Crippen LogP contribution in [0.1, 0.15) is 19.3 Å². The summed E-state index contributed by atoms with van der Waals surface area (Å²) in [4.78, 5) is 11.8. The first-order valence-electron chi connectivity index (χ1n) is 7.02. The van der Waals surface area contributed by atoms with Crippen LogP contribution in [0.4, 0.5) is 10.5 Å². The number of amides is 2. The second kappa shape index (κ2) is 7.14. The third kappa shape index (κ3) is 3.87. The second-order valence-electron chi connectivity index (χ2n) is 5.20. The van der Waals surface area contributed by atoms with E-state index in [1.807, 2.05) is 18.2 Å². The molecule has 0 spiro atoms. The summed E-state index contributed by atoms with van der Waals surface area (Å²) in [6.45, 7) is 0.824. The van der Waals surface area contributed by atoms with Gasteiger partial charge in [0.05, 0.1) is 7.11 Å². The molecule has 2 rings (SSSR count). The van der Waals surface area contributed by atoms with E-state index in [1.165, 1.54) is 0 Å². The molecule has 5 heteroatoms. The smallest absolute Gasteiger partial charge is 0.319 e. The van der Waals surface area contributed by atoms with Crippen molar-refractivity contribution in [3.8, 4) is 5.75 Å². The number of carbonyl (C=O) groups is 1. The van der Waals surface area contributed by atoms with E-state index in [0.717, 1.165) is 19.3 Å². The number of nitrogens with one attached hydrogen (secondary N) is 2. The molecule has 1 aromatic rings. The van der Waals surface area contributed by atoms with Crippen LogP contribution in [0.2, 0.25) is 0 Å². The number of carbonyl (C=O) groups excluding carboxylic acids is 1. The lowest BCUT2D eigenvalue weighted by Gasteiger charge is -2.18. The zero-order chi connectivity index (χ0) is 14.4. The highest BCUT2D eigenvalue weighted by Crippen LogP contribution is 2.30. The number of benzene rings is 1. The van der Waals surface area contributed by atoms with Crippen LogP contribution in [0, 0.1) is 11.8 Å². The maximum atomic E-state index is 11.8. The van der Waals surface area contributed by atoms with Crippen molar-refractivity contribution in [3.05, 3.63) is 24.3 Å². The number of aliphatic hydroxyl groups excluding tert-OH is 1. The number of hydrogen-bond donors (Lipinski definition) is 3. The van der Waals surface area contributed by atoms with Gasteiger partial charge in [-0.05, 0) is 36.8 Å². The van der Waals surface area contributed by atoms with Gasteiger partial charge in [-0.2, -0.15) is 0 Å². The molecule has 1 aromatic carbocycles. The van der Waals surface area contributed by atoms with Gasteiger partial charge in [0, 0.05) is 24.9 Å². The molecule has 110 valence electrons. The number of aliphatic hydroxyl groups is 1. The fraction of sp³-hybridized carbons (Fsp3) is 0.533. The quantitative estimate of drug-likeness (QED) is 0.773. The van der Waals surface area contributed by atoms with Crippen LogP contribution in [-0.2, 0) is 0 Å². The Kier molecular flexibility index (Phi) is 5.24. The van der Waals surface area contributed by atoms with E-state index < -0.39 is 0 Å². The summed E-state index contributed by atoms with van der Waals surface area (Å²) in [6, 6.07) is 7.02. The highest BCUT2D eigenvalue weighted by Gasteiger charge is 2.26. The average molecular weight is 278 g/mol. The summed E-state index contributed by atoms with van der Waals surface area (Å²) >= 11 is 0. The standard InChI is InChI=1S/C15H22N2O3/c1-20-14-7-3-6-13(8-14)17-15(19)16-9-11-4-2-5-12(11)10-18/h3,6-8,11-12,18H,2,4-5,9-10H2,1H3,(H2,16,17,19). The largest absolute Gasteiger partial charge is 0.497 e. The Hall–Kier alpha value is -1.75. The Labute approximate surface area is 119 Å². The molecule has 2 amide bonds. The summed E-state index contributed by atoms with van der Waals surface area (Å²) in [6.07, 6.45) is 3.26. The lowest BCUT2D eigenvalue weighted by atomic mass is 9.97. The Morgan fingerprint density at radius 3 is 2.95 bits per heavy atom. The van der Waals surface area contributed by atoms with Crippen molar-refractivity contribution in [2.75, 3.05) is 25.6 Å². The van der Waals surface area contributed by atoms with Crippen molar-refractivity contribution in [1.29, 1.82) is 0 Å². The van der Waals surface area contributed by atoms with Gasteiger partial charge in [-0.15, -0.1) is 0 Å². The summed E-state index contributed by atoms with van der Waals surface area (Å²) in [7, 11) is 1.59. The average Bonchev–Trinajstić information content (AvgIpc) is 2.93. The van der Waals surface area contributed by atoms with Crippen LogP contribution in [0.3, 0.4) is 0 Å². The monoisotopic (exact) mass is 278 g/mol. The summed E-state index contributed by atoms with van der Waals surface area (Å²) < 4.78 is 5.11. The third-order valence-electron chi connectivity index (χ3n) is 3.90. The maximum Gasteiger partial charge on any atom is 0.319 e. The van der Waals surface area contributed by atoms with Crippen LogP contribution in [-0.4, -0.2) is 31.4 Å². The molecule has 3 N–H and O–H groups in total. The molecule has 2 atom stereocenters. The molecule has 0 radical (unpaired) electrons. The number of rotatable bonds is 5. The molecule has 0 heterocycles. The minimum absolute atomic E-state index is 0.212. The first-order valence-corrected chi connectivity index (χ1v) is 7.02. The van der Waals surface area contributed by atoms with Gasteiger partial charge in [0.2, 0.25) is 0 Å². The molecular formula is C15H22N2O3. The Morgan fingerprint density at radius 1 is 1.40 bits per heavy atom. The first kappa shape index (κ1) is 14.7. The van der Waals surface area contributed by atoms with Crippen LogP contribution in [0.25, 0.3) is 0 Å². The van der Waals surface area contributed by atoms with E-state index >= 15 is 0 Å². The number of methoxy groups -OCH3 is 1. The third-order valence-corrected chi connectivity index (χ3v) is 3.90. The zero-order valence-electron chi connectivity index (χ0n) is 11.8. The van der Waals surface area contributed by atoms with Crippen molar-refractivity contribution in [1.82, 2.24) is 5.32 Å². The van der Waals surface area contributed by atoms with E-state index in [-0.39, 0.29) is 12.6 Å². The number of ether oxygens (including phenoxy) is 1. The minimum Gasteiger partial charge on any atom is -0.497 e. The van der Waals surface area contributed by atoms with Gasteiger partial charge in [0.1, 0.15) is 5.75 Å². The SMILES string of the molecule is COc1cccc(NC(=O)NCC2CCCC2CO)c1. The number of hydrogen-bond acceptors (Lipinski definition) is 3. The molecular weight excluding hydrogens is 256 g/mol. The van der Waals surface area contributed by atoms with Crippen LogP contribution < -0.4 is 15.4 Å². The molecule has 0 bridgehead atoms. The van der Waals surface area contributed by atoms with Gasteiger partial charge in [0.15, 0.2) is 0 Å². The highest BCUT2D eigenvalue weighted by atomic mass is 16.5. The topological polar surface area (TPSA) is 70.6 Å². The zero-order valence-corrected chi connectivity index (χ0v) is 11.8. The fourth-order valence-corrected chi connectivity index (χ4v) is 2.72. The van der Waals surface area contributed by atoms with Gasteiger partial charge in [-0.3, -0.25) is 0 Å². The van der Waals surface area contributed by atoms with Gasteiger partial charge in [0.25, 0.3) is 0 Å². The highest BCUT2D eigenvalue weighted by molar-refractivity contribution is 5.89. The van der Waals surface area contributed by atoms with Crippen LogP contribution in [0.5, 0.6) is 5.75 Å². The molecule has 1 fully saturated rings. The molecule has 0 saturated heterocycles. The van der Waals surface area contributed by atoms with E-state index in [2.05, 4.69) is 10.6 Å². The molecule has 1 aliphatic carbocycles. The molecule has 5 nitrogen and oxygen atoms in total. The predicted molar refractivity (Wildman–Crippen MR) is 77.9 cm³/mol. The van der Waals surface area contributed by atoms with Gasteiger partial charge >= 0.3 is 6.03 Å². The normalized spacial score (nSPS) is 21.5. The second-order valence-corrected chi connectivity index (χ2v) is 5.20. The number of anilines is 1. The maximum absolute atomic E-state index is 11.8. The lowest BCUT2D eigenvalue weighted by Crippen LogP contribution is -2.34. The van der Waals surface area contributed by atoms with Crippen molar-refractivity contribution in [3.63, 3.8) is 0 Å². The van der Waals surface area contributed by atoms with E-state index in [4.69, 9.17) is 4.74 Å². The van der Waals surface area contributed by atoms with Gasteiger partial charge in [-0.25, -0.2) is 4.79 Å². The van der Waals surface area contributed by atoms with Crippen molar-refractivity contribution in [2.24, 2.45) is 11.8 Å². The van der Waals surface area contributed by atoms with E-state index in [1.54, 1.807) is 13.2 Å². The van der Waals surface area contributed by atoms with Crippen LogP contribution in [0.15, 0.2) is 24.3 Å². The minimum atomic E-state index is -0.221. The van der Waals surface area contributed by atoms with Crippen molar-refractivity contribution >= 4 is 11.7 Å².